The maximum Gasteiger partial charge on any atom is 0.0744 e. The van der Waals surface area contributed by atoms with Crippen molar-refractivity contribution >= 4 is 0 Å². The van der Waals surface area contributed by atoms with Gasteiger partial charge in [-0.05, 0) is 26.3 Å². The van der Waals surface area contributed by atoms with Crippen LogP contribution in [0.3, 0.4) is 0 Å². The van der Waals surface area contributed by atoms with Crippen LogP contribution in [0, 0.1) is 0 Å². The topological polar surface area (TPSA) is 39.7 Å². The van der Waals surface area contributed by atoms with E-state index in [4.69, 9.17) is 0 Å². The molecule has 0 bridgehead atoms. The molecule has 1 fully saturated rings. The lowest BCUT2D eigenvalue weighted by atomic mass is 10.3. The van der Waals surface area contributed by atoms with Crippen LogP contribution < -0.4 is 5.32 Å². The maximum absolute atomic E-state index is 3.97. The van der Waals surface area contributed by atoms with Crippen molar-refractivity contribution in [2.24, 2.45) is 0 Å². The third kappa shape index (κ3) is 7.74. The van der Waals surface area contributed by atoms with Crippen molar-refractivity contribution < 1.29 is 14.8 Å². The molecule has 0 radical (unpaired) electrons. The van der Waals surface area contributed by atoms with E-state index >= 15 is 0 Å². The Kier molecular flexibility index (Phi) is 7.83. The van der Waals surface area contributed by atoms with Crippen LogP contribution in [0.4, 0.5) is 0 Å². The van der Waals surface area contributed by atoms with E-state index in [0.717, 1.165) is 6.04 Å². The molecule has 1 aliphatic rings. The van der Waals surface area contributed by atoms with Crippen LogP contribution in [0.5, 0.6) is 0 Å². The smallest absolute Gasteiger partial charge is 0.0744 e. The van der Waals surface area contributed by atoms with Crippen molar-refractivity contribution in [1.29, 1.82) is 0 Å². The average Bonchev–Trinajstić information content (AvgIpc) is 2.43. The Morgan fingerprint density at radius 1 is 1.27 bits per heavy atom. The monoisotopic (exact) mass is 163 g/mol. The van der Waals surface area contributed by atoms with E-state index in [1.165, 1.54) is 33.6 Å². The van der Waals surface area contributed by atoms with Crippen LogP contribution >= 0.6 is 0 Å². The van der Waals surface area contributed by atoms with Gasteiger partial charge in [0.1, 0.15) is 0 Å². The lowest BCUT2D eigenvalue weighted by molar-refractivity contribution is -0.491. The SMILES string of the molecule is COOOC.C[C@H]1CCCN1. The van der Waals surface area contributed by atoms with E-state index < -0.39 is 0 Å². The highest BCUT2D eigenvalue weighted by atomic mass is 17.5. The van der Waals surface area contributed by atoms with Gasteiger partial charge >= 0.3 is 0 Å². The van der Waals surface area contributed by atoms with Gasteiger partial charge in [-0.1, -0.05) is 5.04 Å². The molecule has 0 aliphatic carbocycles. The van der Waals surface area contributed by atoms with Crippen LogP contribution in [0.15, 0.2) is 0 Å². The molecule has 0 aromatic heterocycles. The first-order chi connectivity index (χ1) is 5.31. The van der Waals surface area contributed by atoms with Crippen molar-refractivity contribution in [1.82, 2.24) is 5.32 Å². The molecule has 1 atom stereocenters. The van der Waals surface area contributed by atoms with Crippen LogP contribution in [0.25, 0.3) is 0 Å². The van der Waals surface area contributed by atoms with Crippen molar-refractivity contribution in [3.63, 3.8) is 0 Å². The Morgan fingerprint density at radius 2 is 1.91 bits per heavy atom. The molecule has 4 nitrogen and oxygen atoms in total. The lowest BCUT2D eigenvalue weighted by Crippen LogP contribution is -2.16. The first kappa shape index (κ1) is 10.8. The summed E-state index contributed by atoms with van der Waals surface area (Å²) in [6, 6.07) is 0.796. The number of hydrogen-bond donors (Lipinski definition) is 1. The Labute approximate surface area is 67.7 Å². The molecule has 1 aliphatic heterocycles. The van der Waals surface area contributed by atoms with Gasteiger partial charge in [-0.2, -0.15) is 0 Å². The first-order valence-electron chi connectivity index (χ1n) is 3.78. The summed E-state index contributed by atoms with van der Waals surface area (Å²) in [7, 11) is 2.73. The zero-order valence-electron chi connectivity index (χ0n) is 7.42. The minimum absolute atomic E-state index is 0.796. The summed E-state index contributed by atoms with van der Waals surface area (Å²) in [5.74, 6) is 0. The minimum Gasteiger partial charge on any atom is -0.314 e. The highest BCUT2D eigenvalue weighted by Gasteiger charge is 2.05. The van der Waals surface area contributed by atoms with Crippen LogP contribution in [-0.2, 0) is 14.8 Å². The molecule has 0 spiro atoms. The molecule has 0 saturated carbocycles. The second kappa shape index (κ2) is 7.94. The van der Waals surface area contributed by atoms with Gasteiger partial charge in [0.05, 0.1) is 14.2 Å². The van der Waals surface area contributed by atoms with Gasteiger partial charge in [-0.15, -0.1) is 0 Å². The van der Waals surface area contributed by atoms with Crippen molar-refractivity contribution in [3.05, 3.63) is 0 Å². The van der Waals surface area contributed by atoms with Crippen LogP contribution in [-0.4, -0.2) is 26.8 Å². The normalized spacial score (nSPS) is 22.6. The Balaban J connectivity index is 0.000000187. The lowest BCUT2D eigenvalue weighted by Gasteiger charge is -1.95. The zero-order chi connectivity index (χ0) is 8.53. The van der Waals surface area contributed by atoms with E-state index in [1.807, 2.05) is 0 Å². The van der Waals surface area contributed by atoms with Gasteiger partial charge < -0.3 is 5.32 Å². The summed E-state index contributed by atoms with van der Waals surface area (Å²) in [6.07, 6.45) is 2.75. The molecule has 0 unspecified atom stereocenters. The summed E-state index contributed by atoms with van der Waals surface area (Å²) in [5.41, 5.74) is 0. The summed E-state index contributed by atoms with van der Waals surface area (Å²) in [6.45, 7) is 3.47. The number of hydrogen-bond acceptors (Lipinski definition) is 4. The number of nitrogens with one attached hydrogen (secondary N) is 1. The second-order valence-electron chi connectivity index (χ2n) is 2.40. The third-order valence-electron chi connectivity index (χ3n) is 1.44. The Hall–Kier alpha value is -0.160. The molecule has 1 heterocycles. The molecular weight excluding hydrogens is 146 g/mol. The van der Waals surface area contributed by atoms with Crippen molar-refractivity contribution in [3.8, 4) is 0 Å². The van der Waals surface area contributed by atoms with Crippen LogP contribution in [0.2, 0.25) is 0 Å². The highest BCUT2D eigenvalue weighted by molar-refractivity contribution is 4.67. The van der Waals surface area contributed by atoms with E-state index in [2.05, 4.69) is 27.1 Å². The van der Waals surface area contributed by atoms with E-state index in [0.29, 0.717) is 0 Å². The molecule has 0 aromatic carbocycles. The van der Waals surface area contributed by atoms with Gasteiger partial charge in [-0.3, -0.25) is 0 Å². The molecule has 0 amide bonds. The van der Waals surface area contributed by atoms with Gasteiger partial charge in [0.25, 0.3) is 0 Å². The molecule has 4 heteroatoms. The molecule has 1 saturated heterocycles. The average molecular weight is 163 g/mol. The summed E-state index contributed by atoms with van der Waals surface area (Å²) in [4.78, 5) is 7.94. The molecule has 68 valence electrons. The van der Waals surface area contributed by atoms with Gasteiger partial charge in [-0.25, -0.2) is 9.78 Å². The highest BCUT2D eigenvalue weighted by Crippen LogP contribution is 2.01. The fourth-order valence-electron chi connectivity index (χ4n) is 0.927. The summed E-state index contributed by atoms with van der Waals surface area (Å²) >= 11 is 0. The quantitative estimate of drug-likeness (QED) is 0.484. The predicted octanol–water partition coefficient (Wildman–Crippen LogP) is 0.884. The van der Waals surface area contributed by atoms with Gasteiger partial charge in [0, 0.05) is 6.04 Å². The van der Waals surface area contributed by atoms with Crippen molar-refractivity contribution in [2.75, 3.05) is 20.8 Å². The van der Waals surface area contributed by atoms with E-state index in [1.54, 1.807) is 0 Å². The van der Waals surface area contributed by atoms with Gasteiger partial charge in [0.15, 0.2) is 0 Å². The number of rotatable bonds is 2. The standard InChI is InChI=1S/C5H11N.C2H6O3/c1-5-3-2-4-6-5;1-3-5-4-2/h5-6H,2-4H2,1H3;1-2H3/t5-;/m0./s1. The van der Waals surface area contributed by atoms with E-state index in [-0.39, 0.29) is 0 Å². The molecule has 1 rings (SSSR count). The zero-order valence-corrected chi connectivity index (χ0v) is 7.42. The molecular formula is C7H17NO3. The Morgan fingerprint density at radius 3 is 2.00 bits per heavy atom. The first-order valence-corrected chi connectivity index (χ1v) is 3.78. The minimum atomic E-state index is 0.796. The molecule has 1 N–H and O–H groups in total. The Bertz CT molecular complexity index is 72.1. The fraction of sp³-hybridized carbons (Fsp3) is 1.00. The molecule has 11 heavy (non-hydrogen) atoms. The predicted molar refractivity (Wildman–Crippen MR) is 41.8 cm³/mol. The third-order valence-corrected chi connectivity index (χ3v) is 1.44. The second-order valence-corrected chi connectivity index (χ2v) is 2.40. The van der Waals surface area contributed by atoms with Gasteiger partial charge in [0.2, 0.25) is 0 Å². The molecule has 0 aromatic rings. The summed E-state index contributed by atoms with van der Waals surface area (Å²) in [5, 5.41) is 7.15. The van der Waals surface area contributed by atoms with Crippen LogP contribution in [0.1, 0.15) is 19.8 Å². The van der Waals surface area contributed by atoms with Crippen molar-refractivity contribution in [2.45, 2.75) is 25.8 Å². The van der Waals surface area contributed by atoms with E-state index in [9.17, 15) is 0 Å². The summed E-state index contributed by atoms with van der Waals surface area (Å²) < 4.78 is 0. The fourth-order valence-corrected chi connectivity index (χ4v) is 0.927. The largest absolute Gasteiger partial charge is 0.314 e. The maximum atomic E-state index is 3.97.